The highest BCUT2D eigenvalue weighted by Crippen LogP contribution is 2.39. The Balaban J connectivity index is 1.53. The van der Waals surface area contributed by atoms with Gasteiger partial charge in [0, 0.05) is 39.0 Å². The first-order chi connectivity index (χ1) is 15.0. The van der Waals surface area contributed by atoms with Crippen LogP contribution in [0, 0.1) is 0 Å². The van der Waals surface area contributed by atoms with E-state index in [-0.39, 0.29) is 30.9 Å². The first kappa shape index (κ1) is 21.6. The van der Waals surface area contributed by atoms with Gasteiger partial charge in [-0.2, -0.15) is 0 Å². The van der Waals surface area contributed by atoms with Crippen molar-refractivity contribution in [2.75, 3.05) is 58.0 Å². The number of para-hydroxylation sites is 1. The fourth-order valence-electron chi connectivity index (χ4n) is 5.07. The second-order valence-electron chi connectivity index (χ2n) is 8.69. The van der Waals surface area contributed by atoms with Gasteiger partial charge < -0.3 is 24.3 Å². The van der Waals surface area contributed by atoms with Crippen molar-refractivity contribution in [3.05, 3.63) is 30.3 Å². The van der Waals surface area contributed by atoms with Gasteiger partial charge in [0.1, 0.15) is 18.7 Å². The van der Waals surface area contributed by atoms with Gasteiger partial charge in [0.05, 0.1) is 6.67 Å². The molecule has 3 aliphatic rings. The largest absolute Gasteiger partial charge is 0.375 e. The highest BCUT2D eigenvalue weighted by Gasteiger charge is 2.54. The Morgan fingerprint density at radius 3 is 2.23 bits per heavy atom. The highest BCUT2D eigenvalue weighted by molar-refractivity contribution is 5.96. The molecule has 0 N–H and O–H groups in total. The molecule has 3 saturated heterocycles. The predicted octanol–water partition coefficient (Wildman–Crippen LogP) is 1.31. The summed E-state index contributed by atoms with van der Waals surface area (Å²) in [6.07, 6.45) is 4.32. The smallest absolute Gasteiger partial charge is 0.250 e. The minimum atomic E-state index is -0.715. The second-order valence-corrected chi connectivity index (χ2v) is 8.69. The van der Waals surface area contributed by atoms with Crippen LogP contribution in [-0.4, -0.2) is 91.1 Å². The van der Waals surface area contributed by atoms with Crippen LogP contribution in [0.5, 0.6) is 0 Å². The minimum Gasteiger partial charge on any atom is -0.375 e. The molecular weight excluding hydrogens is 396 g/mol. The van der Waals surface area contributed by atoms with Gasteiger partial charge in [-0.1, -0.05) is 18.2 Å². The zero-order chi connectivity index (χ0) is 21.8. The van der Waals surface area contributed by atoms with E-state index in [0.29, 0.717) is 32.6 Å². The molecule has 4 rings (SSSR count). The number of carbonyl (C=O) groups excluding carboxylic acids is 3. The normalized spacial score (nSPS) is 21.1. The number of benzene rings is 1. The van der Waals surface area contributed by atoms with Crippen LogP contribution in [0.4, 0.5) is 5.69 Å². The molecule has 31 heavy (non-hydrogen) atoms. The maximum Gasteiger partial charge on any atom is 0.250 e. The van der Waals surface area contributed by atoms with Crippen molar-refractivity contribution in [3.8, 4) is 0 Å². The van der Waals surface area contributed by atoms with Crippen molar-refractivity contribution in [3.63, 3.8) is 0 Å². The van der Waals surface area contributed by atoms with Gasteiger partial charge in [-0.15, -0.1) is 0 Å². The molecule has 3 amide bonds. The molecule has 0 aromatic heterocycles. The molecule has 0 bridgehead atoms. The first-order valence-corrected chi connectivity index (χ1v) is 11.2. The summed E-state index contributed by atoms with van der Waals surface area (Å²) in [6.45, 7) is 3.15. The van der Waals surface area contributed by atoms with Crippen LogP contribution in [0.2, 0.25) is 0 Å². The molecule has 3 aliphatic heterocycles. The number of hydrogen-bond acceptors (Lipinski definition) is 5. The van der Waals surface area contributed by atoms with Gasteiger partial charge in [0.2, 0.25) is 11.8 Å². The zero-order valence-corrected chi connectivity index (χ0v) is 18.3. The second kappa shape index (κ2) is 9.26. The van der Waals surface area contributed by atoms with E-state index in [1.807, 2.05) is 35.2 Å². The average molecular weight is 429 g/mol. The van der Waals surface area contributed by atoms with E-state index < -0.39 is 5.54 Å². The van der Waals surface area contributed by atoms with Crippen molar-refractivity contribution in [1.29, 1.82) is 0 Å². The van der Waals surface area contributed by atoms with Crippen LogP contribution in [0.3, 0.4) is 0 Å². The number of hydrogen-bond donors (Lipinski definition) is 0. The van der Waals surface area contributed by atoms with Crippen LogP contribution in [0.1, 0.15) is 32.1 Å². The third-order valence-corrected chi connectivity index (χ3v) is 6.83. The molecule has 1 spiro atoms. The Morgan fingerprint density at radius 1 is 0.935 bits per heavy atom. The van der Waals surface area contributed by atoms with Gasteiger partial charge in [0.15, 0.2) is 0 Å². The Morgan fingerprint density at radius 2 is 1.58 bits per heavy atom. The summed E-state index contributed by atoms with van der Waals surface area (Å²) in [4.78, 5) is 46.3. The van der Waals surface area contributed by atoms with E-state index in [1.165, 1.54) is 7.11 Å². The lowest BCUT2D eigenvalue weighted by Gasteiger charge is -2.43. The van der Waals surface area contributed by atoms with Crippen LogP contribution in [0.25, 0.3) is 0 Å². The molecule has 8 heteroatoms. The van der Waals surface area contributed by atoms with E-state index in [4.69, 9.17) is 4.74 Å². The summed E-state index contributed by atoms with van der Waals surface area (Å²) in [5.74, 6) is -0.0161. The topological polar surface area (TPSA) is 73.4 Å². The SMILES string of the molecule is COCC(=O)N1CCC2(CC1)C(=O)N(CC(=O)N1CCCCC1)CN2c1ccccc1. The lowest BCUT2D eigenvalue weighted by molar-refractivity contribution is -0.143. The Bertz CT molecular complexity index is 801. The summed E-state index contributed by atoms with van der Waals surface area (Å²) in [6, 6.07) is 9.90. The maximum absolute atomic E-state index is 13.7. The van der Waals surface area contributed by atoms with Gasteiger partial charge in [0.25, 0.3) is 5.91 Å². The summed E-state index contributed by atoms with van der Waals surface area (Å²) in [7, 11) is 1.51. The van der Waals surface area contributed by atoms with Crippen molar-refractivity contribution in [1.82, 2.24) is 14.7 Å². The lowest BCUT2D eigenvalue weighted by Crippen LogP contribution is -2.57. The van der Waals surface area contributed by atoms with E-state index in [9.17, 15) is 14.4 Å². The molecule has 1 aromatic rings. The third kappa shape index (κ3) is 4.26. The van der Waals surface area contributed by atoms with Gasteiger partial charge in [-0.05, 0) is 44.2 Å². The average Bonchev–Trinajstić information content (AvgIpc) is 3.07. The number of anilines is 1. The summed E-state index contributed by atoms with van der Waals surface area (Å²) >= 11 is 0. The van der Waals surface area contributed by atoms with Crippen LogP contribution in [-0.2, 0) is 19.1 Å². The van der Waals surface area contributed by atoms with E-state index in [1.54, 1.807) is 9.80 Å². The molecule has 0 radical (unpaired) electrons. The molecule has 168 valence electrons. The van der Waals surface area contributed by atoms with Crippen LogP contribution in [0.15, 0.2) is 30.3 Å². The number of likely N-dealkylation sites (tertiary alicyclic amines) is 2. The Kier molecular flexibility index (Phi) is 6.46. The molecular formula is C23H32N4O4. The molecule has 1 aromatic carbocycles. The van der Waals surface area contributed by atoms with E-state index in [0.717, 1.165) is 38.0 Å². The molecule has 0 saturated carbocycles. The number of ether oxygens (including phenoxy) is 1. The monoisotopic (exact) mass is 428 g/mol. The number of amides is 3. The molecule has 0 aliphatic carbocycles. The van der Waals surface area contributed by atoms with Gasteiger partial charge >= 0.3 is 0 Å². The van der Waals surface area contributed by atoms with E-state index >= 15 is 0 Å². The number of methoxy groups -OCH3 is 1. The van der Waals surface area contributed by atoms with Crippen LogP contribution >= 0.6 is 0 Å². The predicted molar refractivity (Wildman–Crippen MR) is 116 cm³/mol. The quantitative estimate of drug-likeness (QED) is 0.707. The Hall–Kier alpha value is -2.61. The number of piperidine rings is 2. The number of nitrogens with zero attached hydrogens (tertiary/aromatic N) is 4. The third-order valence-electron chi connectivity index (χ3n) is 6.83. The zero-order valence-electron chi connectivity index (χ0n) is 18.3. The van der Waals surface area contributed by atoms with Crippen LogP contribution < -0.4 is 4.90 Å². The summed E-state index contributed by atoms with van der Waals surface area (Å²) in [5.41, 5.74) is 0.258. The van der Waals surface area contributed by atoms with Gasteiger partial charge in [-0.3, -0.25) is 14.4 Å². The summed E-state index contributed by atoms with van der Waals surface area (Å²) < 4.78 is 4.98. The standard InChI is InChI=1S/C23H32N4O4/c1-31-17-21(29)25-14-10-23(11-15-25)22(30)26(16-20(28)24-12-6-3-7-13-24)18-27(23)19-8-4-2-5-9-19/h2,4-5,8-9H,3,6-7,10-18H2,1H3. The molecule has 3 heterocycles. The fourth-order valence-corrected chi connectivity index (χ4v) is 5.07. The number of carbonyl (C=O) groups is 3. The Labute approximate surface area is 183 Å². The maximum atomic E-state index is 13.7. The highest BCUT2D eigenvalue weighted by atomic mass is 16.5. The first-order valence-electron chi connectivity index (χ1n) is 11.2. The van der Waals surface area contributed by atoms with Crippen molar-refractivity contribution >= 4 is 23.4 Å². The fraction of sp³-hybridized carbons (Fsp3) is 0.609. The van der Waals surface area contributed by atoms with Gasteiger partial charge in [-0.25, -0.2) is 0 Å². The molecule has 8 nitrogen and oxygen atoms in total. The van der Waals surface area contributed by atoms with Crippen molar-refractivity contribution < 1.29 is 19.1 Å². The van der Waals surface area contributed by atoms with Crippen molar-refractivity contribution in [2.45, 2.75) is 37.6 Å². The van der Waals surface area contributed by atoms with Crippen molar-refractivity contribution in [2.24, 2.45) is 0 Å². The molecule has 0 atom stereocenters. The lowest BCUT2D eigenvalue weighted by atomic mass is 9.85. The molecule has 3 fully saturated rings. The van der Waals surface area contributed by atoms with E-state index in [2.05, 4.69) is 4.90 Å². The minimum absolute atomic E-state index is 0.000512. The molecule has 0 unspecified atom stereocenters. The summed E-state index contributed by atoms with van der Waals surface area (Å²) in [5, 5.41) is 0. The number of rotatable bonds is 5.